The first-order chi connectivity index (χ1) is 9.97. The van der Waals surface area contributed by atoms with Crippen LogP contribution >= 0.6 is 11.6 Å². The van der Waals surface area contributed by atoms with E-state index in [2.05, 4.69) is 29.1 Å². The first-order valence-electron chi connectivity index (χ1n) is 7.43. The van der Waals surface area contributed by atoms with Gasteiger partial charge in [0, 0.05) is 30.7 Å². The molecule has 1 fully saturated rings. The van der Waals surface area contributed by atoms with Crippen molar-refractivity contribution in [1.29, 1.82) is 0 Å². The highest BCUT2D eigenvalue weighted by atomic mass is 35.5. The van der Waals surface area contributed by atoms with Gasteiger partial charge < -0.3 is 10.2 Å². The molecule has 0 aromatic heterocycles. The molecule has 5 heteroatoms. The van der Waals surface area contributed by atoms with Crippen LogP contribution in [0, 0.1) is 0 Å². The molecule has 1 amide bonds. The predicted octanol–water partition coefficient (Wildman–Crippen LogP) is 2.15. The Hall–Kier alpha value is -1.10. The van der Waals surface area contributed by atoms with Crippen molar-refractivity contribution in [2.75, 3.05) is 33.2 Å². The van der Waals surface area contributed by atoms with Crippen molar-refractivity contribution < 1.29 is 4.79 Å². The highest BCUT2D eigenvalue weighted by Crippen LogP contribution is 2.22. The maximum Gasteiger partial charge on any atom is 0.234 e. The third-order valence-electron chi connectivity index (χ3n) is 4.06. The van der Waals surface area contributed by atoms with E-state index in [1.54, 1.807) is 0 Å². The quantitative estimate of drug-likeness (QED) is 0.926. The molecule has 0 bridgehead atoms. The second kappa shape index (κ2) is 7.25. The fourth-order valence-corrected chi connectivity index (χ4v) is 3.09. The number of hydrogen-bond donors (Lipinski definition) is 1. The van der Waals surface area contributed by atoms with E-state index in [-0.39, 0.29) is 11.9 Å². The minimum absolute atomic E-state index is 0.0545. The number of nitrogens with zero attached hydrogens (tertiary/aromatic N) is 2. The van der Waals surface area contributed by atoms with Crippen LogP contribution in [-0.2, 0) is 4.79 Å². The third kappa shape index (κ3) is 4.43. The Morgan fingerprint density at radius 1 is 1.43 bits per heavy atom. The lowest BCUT2D eigenvalue weighted by Gasteiger charge is -2.37. The lowest BCUT2D eigenvalue weighted by molar-refractivity contribution is -0.124. The van der Waals surface area contributed by atoms with E-state index in [4.69, 9.17) is 11.6 Å². The Balaban J connectivity index is 1.88. The molecule has 0 radical (unpaired) electrons. The second-order valence-corrected chi connectivity index (χ2v) is 6.30. The SMILES string of the molecule is C[C@H](NC(=O)CN1CCN(C)C[C@@H]1C)c1ccccc1Cl. The molecule has 2 rings (SSSR count). The van der Waals surface area contributed by atoms with E-state index < -0.39 is 0 Å². The molecule has 2 atom stereocenters. The summed E-state index contributed by atoms with van der Waals surface area (Å²) in [5, 5.41) is 3.73. The van der Waals surface area contributed by atoms with Gasteiger partial charge in [-0.15, -0.1) is 0 Å². The smallest absolute Gasteiger partial charge is 0.234 e. The van der Waals surface area contributed by atoms with Gasteiger partial charge in [0.15, 0.2) is 0 Å². The molecular formula is C16H24ClN3O. The van der Waals surface area contributed by atoms with Crippen molar-refractivity contribution in [2.45, 2.75) is 25.9 Å². The first kappa shape index (κ1) is 16.3. The summed E-state index contributed by atoms with van der Waals surface area (Å²) < 4.78 is 0. The van der Waals surface area contributed by atoms with Crippen LogP contribution in [0.15, 0.2) is 24.3 Å². The number of piperazine rings is 1. The van der Waals surface area contributed by atoms with E-state index in [0.29, 0.717) is 17.6 Å². The van der Waals surface area contributed by atoms with Crippen molar-refractivity contribution in [2.24, 2.45) is 0 Å². The van der Waals surface area contributed by atoms with E-state index in [9.17, 15) is 4.79 Å². The molecule has 116 valence electrons. The molecule has 0 unspecified atom stereocenters. The average molecular weight is 310 g/mol. The summed E-state index contributed by atoms with van der Waals surface area (Å²) in [6.45, 7) is 7.54. The largest absolute Gasteiger partial charge is 0.348 e. The van der Waals surface area contributed by atoms with Crippen LogP contribution in [0.3, 0.4) is 0 Å². The van der Waals surface area contributed by atoms with Gasteiger partial charge in [0.2, 0.25) is 5.91 Å². The van der Waals surface area contributed by atoms with Gasteiger partial charge in [0.25, 0.3) is 0 Å². The van der Waals surface area contributed by atoms with Crippen LogP contribution < -0.4 is 5.32 Å². The molecule has 4 nitrogen and oxygen atoms in total. The van der Waals surface area contributed by atoms with Crippen LogP contribution in [-0.4, -0.2) is 55.0 Å². The van der Waals surface area contributed by atoms with Gasteiger partial charge in [0.1, 0.15) is 0 Å². The van der Waals surface area contributed by atoms with Gasteiger partial charge >= 0.3 is 0 Å². The van der Waals surface area contributed by atoms with Crippen LogP contribution in [0.2, 0.25) is 5.02 Å². The van der Waals surface area contributed by atoms with Crippen molar-refractivity contribution in [1.82, 2.24) is 15.1 Å². The number of halogens is 1. The molecule has 1 aliphatic rings. The number of likely N-dealkylation sites (N-methyl/N-ethyl adjacent to an activating group) is 1. The van der Waals surface area contributed by atoms with Gasteiger partial charge in [-0.2, -0.15) is 0 Å². The minimum atomic E-state index is -0.0750. The highest BCUT2D eigenvalue weighted by molar-refractivity contribution is 6.31. The predicted molar refractivity (Wildman–Crippen MR) is 86.5 cm³/mol. The topological polar surface area (TPSA) is 35.6 Å². The molecule has 0 spiro atoms. The normalized spacial score (nSPS) is 22.0. The molecule has 0 aliphatic carbocycles. The van der Waals surface area contributed by atoms with Gasteiger partial charge in [0.05, 0.1) is 12.6 Å². The lowest BCUT2D eigenvalue weighted by Crippen LogP contribution is -2.53. The number of nitrogens with one attached hydrogen (secondary N) is 1. The fourth-order valence-electron chi connectivity index (χ4n) is 2.79. The third-order valence-corrected chi connectivity index (χ3v) is 4.41. The molecule has 1 aromatic rings. The van der Waals surface area contributed by atoms with Gasteiger partial charge in [-0.3, -0.25) is 9.69 Å². The Morgan fingerprint density at radius 3 is 2.81 bits per heavy atom. The Kier molecular flexibility index (Phi) is 5.62. The highest BCUT2D eigenvalue weighted by Gasteiger charge is 2.23. The molecule has 0 saturated carbocycles. The van der Waals surface area contributed by atoms with E-state index >= 15 is 0 Å². The van der Waals surface area contributed by atoms with Crippen LogP contribution in [0.5, 0.6) is 0 Å². The van der Waals surface area contributed by atoms with Crippen LogP contribution in [0.25, 0.3) is 0 Å². The zero-order valence-corrected chi connectivity index (χ0v) is 13.7. The number of rotatable bonds is 4. The first-order valence-corrected chi connectivity index (χ1v) is 7.81. The maximum absolute atomic E-state index is 12.2. The molecule has 1 heterocycles. The monoisotopic (exact) mass is 309 g/mol. The zero-order chi connectivity index (χ0) is 15.4. The number of amides is 1. The fraction of sp³-hybridized carbons (Fsp3) is 0.562. The summed E-state index contributed by atoms with van der Waals surface area (Å²) in [4.78, 5) is 16.8. The number of carbonyl (C=O) groups is 1. The van der Waals surface area contributed by atoms with Crippen LogP contribution in [0.4, 0.5) is 0 Å². The number of carbonyl (C=O) groups excluding carboxylic acids is 1. The van der Waals surface area contributed by atoms with Crippen molar-refractivity contribution in [3.8, 4) is 0 Å². The van der Waals surface area contributed by atoms with Gasteiger partial charge in [-0.05, 0) is 32.5 Å². The number of hydrogen-bond acceptors (Lipinski definition) is 3. The van der Waals surface area contributed by atoms with E-state index in [1.165, 1.54) is 0 Å². The Bertz CT molecular complexity index is 494. The standard InChI is InChI=1S/C16H24ClN3O/c1-12-10-19(3)8-9-20(12)11-16(21)18-13(2)14-6-4-5-7-15(14)17/h4-7,12-13H,8-11H2,1-3H3,(H,18,21)/t12-,13-/m0/s1. The zero-order valence-electron chi connectivity index (χ0n) is 13.0. The summed E-state index contributed by atoms with van der Waals surface area (Å²) in [6.07, 6.45) is 0. The van der Waals surface area contributed by atoms with Crippen molar-refractivity contribution >= 4 is 17.5 Å². The van der Waals surface area contributed by atoms with Crippen LogP contribution in [0.1, 0.15) is 25.5 Å². The summed E-state index contributed by atoms with van der Waals surface area (Å²) >= 11 is 6.17. The molecule has 1 N–H and O–H groups in total. The summed E-state index contributed by atoms with van der Waals surface area (Å²) in [5.74, 6) is 0.0545. The van der Waals surface area contributed by atoms with Crippen molar-refractivity contribution in [3.63, 3.8) is 0 Å². The van der Waals surface area contributed by atoms with Crippen molar-refractivity contribution in [3.05, 3.63) is 34.9 Å². The van der Waals surface area contributed by atoms with Gasteiger partial charge in [-0.25, -0.2) is 0 Å². The minimum Gasteiger partial charge on any atom is -0.348 e. The second-order valence-electron chi connectivity index (χ2n) is 5.89. The Labute approximate surface area is 132 Å². The summed E-state index contributed by atoms with van der Waals surface area (Å²) in [5.41, 5.74) is 0.957. The lowest BCUT2D eigenvalue weighted by atomic mass is 10.1. The maximum atomic E-state index is 12.2. The summed E-state index contributed by atoms with van der Waals surface area (Å²) in [6, 6.07) is 7.96. The average Bonchev–Trinajstić information content (AvgIpc) is 2.42. The van der Waals surface area contributed by atoms with E-state index in [1.807, 2.05) is 31.2 Å². The molecule has 21 heavy (non-hydrogen) atoms. The number of benzene rings is 1. The van der Waals surface area contributed by atoms with Gasteiger partial charge in [-0.1, -0.05) is 29.8 Å². The Morgan fingerprint density at radius 2 is 2.14 bits per heavy atom. The summed E-state index contributed by atoms with van der Waals surface area (Å²) in [7, 11) is 2.12. The molecule has 1 saturated heterocycles. The molecule has 1 aliphatic heterocycles. The molecular weight excluding hydrogens is 286 g/mol. The van der Waals surface area contributed by atoms with E-state index in [0.717, 1.165) is 25.2 Å². The molecule has 1 aromatic carbocycles.